The molecule has 0 aromatic carbocycles. The predicted octanol–water partition coefficient (Wildman–Crippen LogP) is 16.8. The van der Waals surface area contributed by atoms with Gasteiger partial charge in [-0.05, 0) is 122 Å². The summed E-state index contributed by atoms with van der Waals surface area (Å²) in [4.78, 5) is 38.0. The van der Waals surface area contributed by atoms with E-state index >= 15 is 0 Å². The van der Waals surface area contributed by atoms with Crippen LogP contribution in [0.1, 0.15) is 213 Å². The van der Waals surface area contributed by atoms with Crippen molar-refractivity contribution in [2.45, 2.75) is 219 Å². The number of hydrogen-bond acceptors (Lipinski definition) is 6. The first-order chi connectivity index (χ1) is 31.0. The SMILES string of the molecule is CC/C=C\C/C=C\C/C=C\C/C=C\CCCCCCC(=O)OC[C@H](COC(=O)CCCC/C=C\C/C=C\C/C=C\C/C=C\CC)OC(=O)CCCCCCC/C=C\CCCCCC. The number of hydrogen-bond donors (Lipinski definition) is 0. The highest BCUT2D eigenvalue weighted by Gasteiger charge is 2.19. The van der Waals surface area contributed by atoms with Crippen molar-refractivity contribution in [2.75, 3.05) is 13.2 Å². The Balaban J connectivity index is 4.52. The third-order valence-electron chi connectivity index (χ3n) is 10.2. The van der Waals surface area contributed by atoms with Crippen LogP contribution in [0, 0.1) is 0 Å². The molecule has 0 heterocycles. The summed E-state index contributed by atoms with van der Waals surface area (Å²) >= 11 is 0. The van der Waals surface area contributed by atoms with E-state index < -0.39 is 6.10 Å². The third kappa shape index (κ3) is 49.0. The van der Waals surface area contributed by atoms with Gasteiger partial charge in [0, 0.05) is 19.3 Å². The standard InChI is InChI=1S/C57H92O6/c1-4-7-10-13-16-19-22-25-27-28-30-33-35-38-41-44-47-50-56(59)62-53-54(63-57(60)51-48-45-42-39-36-31-24-21-18-15-12-9-6-3)52-61-55(58)49-46-43-40-37-34-32-29-26-23-20-17-14-11-8-5-2/h7-8,10-11,16-17,19-21,24-27,29-30,33-34,37,54H,4-6,9,12-15,18,22-23,28,31-32,35-36,38-53H2,1-3H3/b10-7-,11-8-,19-16-,20-17-,24-21-,27-25-,29-26-,33-30-,37-34-/t54-/m0/s1. The molecule has 0 bridgehead atoms. The zero-order valence-corrected chi connectivity index (χ0v) is 40.5. The molecule has 63 heavy (non-hydrogen) atoms. The number of esters is 3. The molecule has 0 rings (SSSR count). The van der Waals surface area contributed by atoms with Crippen LogP contribution in [0.4, 0.5) is 0 Å². The fraction of sp³-hybridized carbons (Fsp3) is 0.632. The van der Waals surface area contributed by atoms with Crippen LogP contribution in [0.3, 0.4) is 0 Å². The van der Waals surface area contributed by atoms with Gasteiger partial charge in [0.05, 0.1) is 0 Å². The number of unbranched alkanes of at least 4 members (excludes halogenated alkanes) is 15. The summed E-state index contributed by atoms with van der Waals surface area (Å²) in [6.45, 7) is 6.31. The quantitative estimate of drug-likeness (QED) is 0.0263. The molecule has 0 aliphatic rings. The minimum atomic E-state index is -0.811. The summed E-state index contributed by atoms with van der Waals surface area (Å²) in [5, 5.41) is 0. The molecule has 0 aliphatic heterocycles. The van der Waals surface area contributed by atoms with E-state index in [9.17, 15) is 14.4 Å². The average Bonchev–Trinajstić information content (AvgIpc) is 3.28. The fourth-order valence-electron chi connectivity index (χ4n) is 6.48. The molecule has 356 valence electrons. The summed E-state index contributed by atoms with van der Waals surface area (Å²) in [5.41, 5.74) is 0. The molecule has 0 saturated heterocycles. The van der Waals surface area contributed by atoms with Gasteiger partial charge < -0.3 is 14.2 Å². The summed E-state index contributed by atoms with van der Waals surface area (Å²) in [7, 11) is 0. The molecule has 0 aliphatic carbocycles. The Kier molecular flexibility index (Phi) is 47.5. The zero-order valence-electron chi connectivity index (χ0n) is 40.5. The second kappa shape index (κ2) is 50.7. The van der Waals surface area contributed by atoms with E-state index in [1.54, 1.807) is 0 Å². The Labute approximate surface area is 387 Å². The Bertz CT molecular complexity index is 1330. The average molecular weight is 873 g/mol. The number of allylic oxidation sites excluding steroid dienone is 18. The van der Waals surface area contributed by atoms with Crippen LogP contribution >= 0.6 is 0 Å². The molecule has 0 aromatic heterocycles. The van der Waals surface area contributed by atoms with Crippen molar-refractivity contribution in [3.05, 3.63) is 109 Å². The molecule has 1 atom stereocenters. The molecule has 0 N–H and O–H groups in total. The van der Waals surface area contributed by atoms with E-state index in [0.717, 1.165) is 128 Å². The first kappa shape index (κ1) is 59.1. The lowest BCUT2D eigenvalue weighted by atomic mass is 10.1. The topological polar surface area (TPSA) is 78.9 Å². The van der Waals surface area contributed by atoms with Crippen molar-refractivity contribution >= 4 is 17.9 Å². The summed E-state index contributed by atoms with van der Waals surface area (Å²) in [6.07, 6.45) is 67.8. The smallest absolute Gasteiger partial charge is 0.306 e. The highest BCUT2D eigenvalue weighted by atomic mass is 16.6. The van der Waals surface area contributed by atoms with Gasteiger partial charge in [0.2, 0.25) is 0 Å². The van der Waals surface area contributed by atoms with Crippen molar-refractivity contribution < 1.29 is 28.6 Å². The second-order valence-electron chi connectivity index (χ2n) is 16.3. The van der Waals surface area contributed by atoms with Crippen molar-refractivity contribution in [3.63, 3.8) is 0 Å². The highest BCUT2D eigenvalue weighted by Crippen LogP contribution is 2.12. The van der Waals surface area contributed by atoms with Gasteiger partial charge in [-0.15, -0.1) is 0 Å². The van der Waals surface area contributed by atoms with E-state index in [-0.39, 0.29) is 31.1 Å². The molecular formula is C57H92O6. The Morgan fingerprint density at radius 1 is 0.333 bits per heavy atom. The zero-order chi connectivity index (χ0) is 45.8. The van der Waals surface area contributed by atoms with E-state index in [2.05, 4.69) is 130 Å². The summed E-state index contributed by atoms with van der Waals surface area (Å²) < 4.78 is 16.7. The molecule has 0 spiro atoms. The number of carbonyl (C=O) groups excluding carboxylic acids is 3. The van der Waals surface area contributed by atoms with Crippen molar-refractivity contribution in [3.8, 4) is 0 Å². The lowest BCUT2D eigenvalue weighted by Gasteiger charge is -2.18. The molecule has 0 amide bonds. The van der Waals surface area contributed by atoms with E-state index in [1.165, 1.54) is 38.5 Å². The van der Waals surface area contributed by atoms with Crippen LogP contribution in [-0.4, -0.2) is 37.2 Å². The van der Waals surface area contributed by atoms with Gasteiger partial charge >= 0.3 is 17.9 Å². The van der Waals surface area contributed by atoms with Gasteiger partial charge in [-0.3, -0.25) is 14.4 Å². The number of carbonyl (C=O) groups is 3. The maximum Gasteiger partial charge on any atom is 0.306 e. The normalized spacial score (nSPS) is 13.0. The summed E-state index contributed by atoms with van der Waals surface area (Å²) in [6, 6.07) is 0. The first-order valence-electron chi connectivity index (χ1n) is 25.4. The Hall–Kier alpha value is -3.93. The molecule has 0 fully saturated rings. The van der Waals surface area contributed by atoms with Crippen LogP contribution in [0.2, 0.25) is 0 Å². The Morgan fingerprint density at radius 3 is 1.02 bits per heavy atom. The van der Waals surface area contributed by atoms with Crippen LogP contribution in [0.25, 0.3) is 0 Å². The molecular weight excluding hydrogens is 781 g/mol. The minimum absolute atomic E-state index is 0.109. The van der Waals surface area contributed by atoms with Crippen molar-refractivity contribution in [1.82, 2.24) is 0 Å². The first-order valence-corrected chi connectivity index (χ1v) is 25.4. The number of rotatable bonds is 44. The van der Waals surface area contributed by atoms with Crippen LogP contribution in [0.5, 0.6) is 0 Å². The number of ether oxygens (including phenoxy) is 3. The van der Waals surface area contributed by atoms with Crippen LogP contribution in [0.15, 0.2) is 109 Å². The predicted molar refractivity (Wildman–Crippen MR) is 270 cm³/mol. The molecule has 6 heteroatoms. The van der Waals surface area contributed by atoms with Gasteiger partial charge in [-0.1, -0.05) is 182 Å². The lowest BCUT2D eigenvalue weighted by molar-refractivity contribution is -0.167. The van der Waals surface area contributed by atoms with E-state index in [0.29, 0.717) is 25.7 Å². The van der Waals surface area contributed by atoms with Gasteiger partial charge in [0.15, 0.2) is 6.10 Å². The van der Waals surface area contributed by atoms with Gasteiger partial charge in [0.1, 0.15) is 13.2 Å². The van der Waals surface area contributed by atoms with Gasteiger partial charge in [-0.25, -0.2) is 0 Å². The molecule has 0 saturated carbocycles. The fourth-order valence-corrected chi connectivity index (χ4v) is 6.48. The highest BCUT2D eigenvalue weighted by molar-refractivity contribution is 5.71. The largest absolute Gasteiger partial charge is 0.462 e. The Morgan fingerprint density at radius 2 is 0.619 bits per heavy atom. The molecule has 0 radical (unpaired) electrons. The molecule has 6 nitrogen and oxygen atoms in total. The van der Waals surface area contributed by atoms with Gasteiger partial charge in [-0.2, -0.15) is 0 Å². The maximum atomic E-state index is 12.8. The monoisotopic (exact) mass is 873 g/mol. The third-order valence-corrected chi connectivity index (χ3v) is 10.2. The van der Waals surface area contributed by atoms with Crippen LogP contribution in [-0.2, 0) is 28.6 Å². The van der Waals surface area contributed by atoms with Crippen molar-refractivity contribution in [2.24, 2.45) is 0 Å². The van der Waals surface area contributed by atoms with E-state index in [4.69, 9.17) is 14.2 Å². The minimum Gasteiger partial charge on any atom is -0.462 e. The second-order valence-corrected chi connectivity index (χ2v) is 16.3. The van der Waals surface area contributed by atoms with E-state index in [1.807, 2.05) is 0 Å². The lowest BCUT2D eigenvalue weighted by Crippen LogP contribution is -2.30. The molecule has 0 unspecified atom stereocenters. The summed E-state index contributed by atoms with van der Waals surface area (Å²) in [5.74, 6) is -0.989. The maximum absolute atomic E-state index is 12.8. The van der Waals surface area contributed by atoms with Crippen LogP contribution < -0.4 is 0 Å². The van der Waals surface area contributed by atoms with Gasteiger partial charge in [0.25, 0.3) is 0 Å². The van der Waals surface area contributed by atoms with Crippen molar-refractivity contribution in [1.29, 1.82) is 0 Å². The molecule has 0 aromatic rings.